The number of carbonyl (C=O) groups is 2. The van der Waals surface area contributed by atoms with Crippen molar-refractivity contribution in [3.8, 4) is 0 Å². The first-order chi connectivity index (χ1) is 5.13. The van der Waals surface area contributed by atoms with E-state index in [1.54, 1.807) is 0 Å². The smallest absolute Gasteiger partial charge is 0.315 e. The summed E-state index contributed by atoms with van der Waals surface area (Å²) in [6, 6.07) is -0.134. The zero-order valence-corrected chi connectivity index (χ0v) is 6.33. The summed E-state index contributed by atoms with van der Waals surface area (Å²) in [6.45, 7) is 2.14. The van der Waals surface area contributed by atoms with Crippen LogP contribution in [0, 0.1) is 5.92 Å². The lowest BCUT2D eigenvalue weighted by Crippen LogP contribution is -2.52. The highest BCUT2D eigenvalue weighted by Gasteiger charge is 2.35. The molecular formula is C7H11NO3. The minimum absolute atomic E-state index is 0.134. The Labute approximate surface area is 64.6 Å². The van der Waals surface area contributed by atoms with E-state index in [1.165, 1.54) is 6.92 Å². The zero-order chi connectivity index (χ0) is 8.43. The molecule has 0 aromatic rings. The monoisotopic (exact) mass is 157 g/mol. The Balaban J connectivity index is 2.58. The first-order valence-electron chi connectivity index (χ1n) is 3.59. The predicted molar refractivity (Wildman–Crippen MR) is 38.2 cm³/mol. The number of Topliss-reactive ketones (excluding diaryl/α,β-unsaturated/α-hetero) is 1. The van der Waals surface area contributed by atoms with Crippen molar-refractivity contribution in [3.63, 3.8) is 0 Å². The van der Waals surface area contributed by atoms with Gasteiger partial charge in [-0.15, -0.1) is 0 Å². The van der Waals surface area contributed by atoms with Gasteiger partial charge in [-0.3, -0.25) is 9.59 Å². The summed E-state index contributed by atoms with van der Waals surface area (Å²) in [6.07, 6.45) is 0.788. The molecule has 1 saturated heterocycles. The molecule has 2 N–H and O–H groups in total. The molecule has 0 aliphatic carbocycles. The van der Waals surface area contributed by atoms with E-state index in [2.05, 4.69) is 5.32 Å². The molecule has 1 heterocycles. The molecule has 0 aromatic heterocycles. The normalized spacial score (nSPS) is 25.4. The van der Waals surface area contributed by atoms with Crippen LogP contribution < -0.4 is 5.32 Å². The Bertz CT molecular complexity index is 172. The SMILES string of the molecule is CC(=O)C(C(=O)O)C1CCN1. The van der Waals surface area contributed by atoms with Crippen LogP contribution in [-0.4, -0.2) is 29.4 Å². The highest BCUT2D eigenvalue weighted by atomic mass is 16.4. The van der Waals surface area contributed by atoms with Crippen molar-refractivity contribution in [2.75, 3.05) is 6.54 Å². The van der Waals surface area contributed by atoms with Gasteiger partial charge >= 0.3 is 5.97 Å². The van der Waals surface area contributed by atoms with Gasteiger partial charge in [0.05, 0.1) is 0 Å². The molecule has 1 rings (SSSR count). The largest absolute Gasteiger partial charge is 0.481 e. The summed E-state index contributed by atoms with van der Waals surface area (Å²) >= 11 is 0. The minimum Gasteiger partial charge on any atom is -0.481 e. The number of carbonyl (C=O) groups excluding carboxylic acids is 1. The standard InChI is InChI=1S/C7H11NO3/c1-4(9)6(7(10)11)5-2-3-8-5/h5-6,8H,2-3H2,1H3,(H,10,11). The molecule has 0 spiro atoms. The number of hydrogen-bond donors (Lipinski definition) is 2. The van der Waals surface area contributed by atoms with Crippen molar-refractivity contribution >= 4 is 11.8 Å². The van der Waals surface area contributed by atoms with Gasteiger partial charge in [-0.05, 0) is 19.9 Å². The average molecular weight is 157 g/mol. The Hall–Kier alpha value is -0.900. The Morgan fingerprint density at radius 3 is 2.27 bits per heavy atom. The fourth-order valence-corrected chi connectivity index (χ4v) is 1.22. The van der Waals surface area contributed by atoms with E-state index in [1.807, 2.05) is 0 Å². The molecule has 4 heteroatoms. The number of aliphatic carboxylic acids is 1. The molecule has 2 unspecified atom stereocenters. The fraction of sp³-hybridized carbons (Fsp3) is 0.714. The second kappa shape index (κ2) is 3.00. The third-order valence-electron chi connectivity index (χ3n) is 1.97. The maximum atomic E-state index is 10.8. The zero-order valence-electron chi connectivity index (χ0n) is 6.33. The summed E-state index contributed by atoms with van der Waals surface area (Å²) in [4.78, 5) is 21.3. The van der Waals surface area contributed by atoms with E-state index in [0.717, 1.165) is 13.0 Å². The van der Waals surface area contributed by atoms with Crippen LogP contribution in [0.1, 0.15) is 13.3 Å². The lowest BCUT2D eigenvalue weighted by atomic mass is 9.89. The highest BCUT2D eigenvalue weighted by Crippen LogP contribution is 2.15. The van der Waals surface area contributed by atoms with Crippen LogP contribution in [-0.2, 0) is 9.59 Å². The summed E-state index contributed by atoms with van der Waals surface area (Å²) in [5.41, 5.74) is 0. The molecule has 1 fully saturated rings. The van der Waals surface area contributed by atoms with Crippen LogP contribution in [0.4, 0.5) is 0 Å². The summed E-state index contributed by atoms with van der Waals surface area (Å²) in [7, 11) is 0. The van der Waals surface area contributed by atoms with E-state index < -0.39 is 11.9 Å². The maximum Gasteiger partial charge on any atom is 0.315 e. The molecule has 2 atom stereocenters. The van der Waals surface area contributed by atoms with Crippen molar-refractivity contribution in [2.24, 2.45) is 5.92 Å². The van der Waals surface area contributed by atoms with E-state index in [4.69, 9.17) is 5.11 Å². The minimum atomic E-state index is -1.02. The van der Waals surface area contributed by atoms with Gasteiger partial charge in [0.15, 0.2) is 0 Å². The number of hydrogen-bond acceptors (Lipinski definition) is 3. The Kier molecular flexibility index (Phi) is 2.24. The molecule has 62 valence electrons. The van der Waals surface area contributed by atoms with E-state index in [-0.39, 0.29) is 11.8 Å². The topological polar surface area (TPSA) is 66.4 Å². The van der Waals surface area contributed by atoms with E-state index >= 15 is 0 Å². The third kappa shape index (κ3) is 1.57. The second-order valence-electron chi connectivity index (χ2n) is 2.78. The third-order valence-corrected chi connectivity index (χ3v) is 1.97. The fourth-order valence-electron chi connectivity index (χ4n) is 1.22. The number of carboxylic acid groups (broad SMARTS) is 1. The van der Waals surface area contributed by atoms with Gasteiger partial charge in [0.25, 0.3) is 0 Å². The van der Waals surface area contributed by atoms with Gasteiger partial charge in [0.1, 0.15) is 11.7 Å². The molecule has 11 heavy (non-hydrogen) atoms. The Morgan fingerprint density at radius 2 is 2.18 bits per heavy atom. The van der Waals surface area contributed by atoms with E-state index in [9.17, 15) is 9.59 Å². The van der Waals surface area contributed by atoms with Gasteiger partial charge < -0.3 is 10.4 Å². The van der Waals surface area contributed by atoms with Crippen LogP contribution in [0.3, 0.4) is 0 Å². The van der Waals surface area contributed by atoms with Crippen molar-refractivity contribution < 1.29 is 14.7 Å². The van der Waals surface area contributed by atoms with Crippen LogP contribution in [0.25, 0.3) is 0 Å². The van der Waals surface area contributed by atoms with Gasteiger partial charge in [-0.1, -0.05) is 0 Å². The molecule has 1 aliphatic heterocycles. The molecular weight excluding hydrogens is 146 g/mol. The maximum absolute atomic E-state index is 10.8. The van der Waals surface area contributed by atoms with Gasteiger partial charge in [-0.25, -0.2) is 0 Å². The highest BCUT2D eigenvalue weighted by molar-refractivity contribution is 5.97. The van der Waals surface area contributed by atoms with Crippen LogP contribution in [0.15, 0.2) is 0 Å². The molecule has 0 saturated carbocycles. The summed E-state index contributed by atoms with van der Waals surface area (Å²) in [5, 5.41) is 11.5. The van der Waals surface area contributed by atoms with Crippen molar-refractivity contribution in [1.82, 2.24) is 5.32 Å². The number of nitrogens with one attached hydrogen (secondary N) is 1. The van der Waals surface area contributed by atoms with Gasteiger partial charge in [0, 0.05) is 6.04 Å². The molecule has 0 amide bonds. The number of rotatable bonds is 3. The van der Waals surface area contributed by atoms with Gasteiger partial charge in [-0.2, -0.15) is 0 Å². The van der Waals surface area contributed by atoms with Crippen molar-refractivity contribution in [3.05, 3.63) is 0 Å². The van der Waals surface area contributed by atoms with E-state index in [0.29, 0.717) is 0 Å². The summed E-state index contributed by atoms with van der Waals surface area (Å²) < 4.78 is 0. The Morgan fingerprint density at radius 1 is 1.64 bits per heavy atom. The molecule has 0 bridgehead atoms. The van der Waals surface area contributed by atoms with Crippen molar-refractivity contribution in [2.45, 2.75) is 19.4 Å². The lowest BCUT2D eigenvalue weighted by Gasteiger charge is -2.31. The molecule has 0 radical (unpaired) electrons. The van der Waals surface area contributed by atoms with Crippen LogP contribution in [0.5, 0.6) is 0 Å². The molecule has 0 aromatic carbocycles. The number of ketones is 1. The van der Waals surface area contributed by atoms with Crippen LogP contribution >= 0.6 is 0 Å². The first-order valence-corrected chi connectivity index (χ1v) is 3.59. The van der Waals surface area contributed by atoms with Gasteiger partial charge in [0.2, 0.25) is 0 Å². The molecule has 1 aliphatic rings. The average Bonchev–Trinajstić information content (AvgIpc) is 1.75. The first kappa shape index (κ1) is 8.20. The van der Waals surface area contributed by atoms with Crippen LogP contribution in [0.2, 0.25) is 0 Å². The predicted octanol–water partition coefficient (Wildman–Crippen LogP) is -0.362. The quantitative estimate of drug-likeness (QED) is 0.549. The second-order valence-corrected chi connectivity index (χ2v) is 2.78. The number of carboxylic acids is 1. The summed E-state index contributed by atoms with van der Waals surface area (Å²) in [5.74, 6) is -2.13. The molecule has 4 nitrogen and oxygen atoms in total. The lowest BCUT2D eigenvalue weighted by molar-refractivity contribution is -0.147. The van der Waals surface area contributed by atoms with Crippen molar-refractivity contribution in [1.29, 1.82) is 0 Å².